The summed E-state index contributed by atoms with van der Waals surface area (Å²) in [6, 6.07) is 5.92. The van der Waals surface area contributed by atoms with Gasteiger partial charge in [0.15, 0.2) is 5.82 Å². The van der Waals surface area contributed by atoms with Gasteiger partial charge in [-0.15, -0.1) is 0 Å². The van der Waals surface area contributed by atoms with E-state index in [1.54, 1.807) is 13.2 Å². The lowest BCUT2D eigenvalue weighted by molar-refractivity contribution is 0.0880. The summed E-state index contributed by atoms with van der Waals surface area (Å²) in [7, 11) is 1.68. The summed E-state index contributed by atoms with van der Waals surface area (Å²) in [5.74, 6) is 0.728. The van der Waals surface area contributed by atoms with E-state index < -0.39 is 0 Å². The van der Waals surface area contributed by atoms with Crippen LogP contribution in [-0.2, 0) is 4.74 Å². The van der Waals surface area contributed by atoms with Crippen molar-refractivity contribution < 1.29 is 9.53 Å². The molecule has 8 heteroatoms. The minimum atomic E-state index is -0.375. The van der Waals surface area contributed by atoms with Crippen LogP contribution in [0.3, 0.4) is 0 Å². The number of aromatic amines is 2. The monoisotopic (exact) mass is 468 g/mol. The Kier molecular flexibility index (Phi) is 11.8. The van der Waals surface area contributed by atoms with E-state index in [1.807, 2.05) is 91.8 Å². The first-order valence-electron chi connectivity index (χ1n) is 11.6. The quantitative estimate of drug-likeness (QED) is 0.406. The molecule has 0 aliphatic rings. The number of hydrogen-bond donors (Lipinski definition) is 2. The van der Waals surface area contributed by atoms with Crippen LogP contribution in [0.1, 0.15) is 67.0 Å². The van der Waals surface area contributed by atoms with Crippen molar-refractivity contribution in [1.29, 1.82) is 0 Å². The molecule has 0 aliphatic heterocycles. The number of ether oxygens (including phenoxy) is 1. The predicted molar refractivity (Wildman–Crippen MR) is 139 cm³/mol. The van der Waals surface area contributed by atoms with E-state index in [1.165, 1.54) is 11.2 Å². The molecule has 0 radical (unpaired) electrons. The Morgan fingerprint density at radius 2 is 1.85 bits per heavy atom. The number of nitrogens with one attached hydrogen (secondary N) is 2. The molecular weight excluding hydrogens is 428 g/mol. The molecule has 0 spiro atoms. The second-order valence-electron chi connectivity index (χ2n) is 8.73. The third kappa shape index (κ3) is 8.84. The van der Waals surface area contributed by atoms with Crippen molar-refractivity contribution in [2.75, 3.05) is 13.7 Å². The molecular formula is C26H40N6O2. The largest absolute Gasteiger partial charge is 0.449 e. The SMILES string of the molecule is C/C=C\C.CC.CC(/C=C/N(C)C(=O)OCC(C)(C)C)c1[nH]nc2ccc(-c3ncn[nH]3)cc12. The van der Waals surface area contributed by atoms with Crippen molar-refractivity contribution in [2.45, 2.75) is 61.3 Å². The topological polar surface area (TPSA) is 99.8 Å². The standard InChI is InChI=1S/C20H26N6O2.C4H8.C2H6/c1-13(8-9-26(5)19(27)28-11-20(2,3)4)17-15-10-14(18-21-12-22-25-18)6-7-16(15)23-24-17;1-3-4-2;1-2/h6-10,12-13H,11H2,1-5H3,(H,23,24)(H,21,22,25);3-4H,1-2H3;1-2H3/b9-8+;4-3-;. The number of rotatable bonds is 5. The van der Waals surface area contributed by atoms with Crippen LogP contribution in [0, 0.1) is 5.41 Å². The van der Waals surface area contributed by atoms with Gasteiger partial charge in [-0.05, 0) is 37.5 Å². The molecule has 8 nitrogen and oxygen atoms in total. The molecule has 3 rings (SSSR count). The lowest BCUT2D eigenvalue weighted by Gasteiger charge is -2.20. The second kappa shape index (κ2) is 14.0. The van der Waals surface area contributed by atoms with E-state index in [0.29, 0.717) is 12.4 Å². The van der Waals surface area contributed by atoms with Crippen LogP contribution in [0.25, 0.3) is 22.3 Å². The van der Waals surface area contributed by atoms with Gasteiger partial charge in [0, 0.05) is 35.8 Å². The number of benzene rings is 1. The number of carbonyl (C=O) groups is 1. The zero-order valence-corrected chi connectivity index (χ0v) is 22.0. The van der Waals surface area contributed by atoms with Crippen molar-refractivity contribution in [3.8, 4) is 11.4 Å². The van der Waals surface area contributed by atoms with Crippen molar-refractivity contribution in [2.24, 2.45) is 5.41 Å². The Morgan fingerprint density at radius 1 is 1.18 bits per heavy atom. The van der Waals surface area contributed by atoms with Gasteiger partial charge in [-0.1, -0.05) is 59.8 Å². The minimum absolute atomic E-state index is 0.0212. The Labute approximate surface area is 203 Å². The fourth-order valence-corrected chi connectivity index (χ4v) is 2.66. The molecule has 1 aromatic carbocycles. The Hall–Kier alpha value is -3.42. The van der Waals surface area contributed by atoms with Crippen LogP contribution < -0.4 is 0 Å². The fraction of sp³-hybridized carbons (Fsp3) is 0.462. The molecule has 0 fully saturated rings. The molecule has 1 unspecified atom stereocenters. The number of fused-ring (bicyclic) bond motifs is 1. The zero-order chi connectivity index (χ0) is 25.7. The van der Waals surface area contributed by atoms with Crippen molar-refractivity contribution >= 4 is 17.0 Å². The van der Waals surface area contributed by atoms with Gasteiger partial charge in [-0.2, -0.15) is 10.2 Å². The minimum Gasteiger partial charge on any atom is -0.449 e. The van der Waals surface area contributed by atoms with Crippen molar-refractivity contribution in [3.63, 3.8) is 0 Å². The zero-order valence-electron chi connectivity index (χ0n) is 22.0. The lowest BCUT2D eigenvalue weighted by atomic mass is 9.99. The van der Waals surface area contributed by atoms with E-state index >= 15 is 0 Å². The second-order valence-corrected chi connectivity index (χ2v) is 8.73. The molecule has 1 amide bonds. The van der Waals surface area contributed by atoms with Gasteiger partial charge < -0.3 is 4.74 Å². The van der Waals surface area contributed by atoms with E-state index in [2.05, 4.69) is 25.4 Å². The molecule has 1 atom stereocenters. The average Bonchev–Trinajstić information content (AvgIpc) is 3.51. The van der Waals surface area contributed by atoms with Gasteiger partial charge in [-0.25, -0.2) is 9.78 Å². The predicted octanol–water partition coefficient (Wildman–Crippen LogP) is 6.69. The molecule has 2 aromatic heterocycles. The van der Waals surface area contributed by atoms with Gasteiger partial charge >= 0.3 is 6.09 Å². The van der Waals surface area contributed by atoms with Crippen LogP contribution in [0.5, 0.6) is 0 Å². The molecule has 34 heavy (non-hydrogen) atoms. The van der Waals surface area contributed by atoms with Gasteiger partial charge in [-0.3, -0.25) is 15.1 Å². The van der Waals surface area contributed by atoms with E-state index in [4.69, 9.17) is 4.74 Å². The molecule has 0 saturated heterocycles. The first kappa shape index (κ1) is 28.6. The highest BCUT2D eigenvalue weighted by atomic mass is 16.6. The smallest absolute Gasteiger partial charge is 0.413 e. The van der Waals surface area contributed by atoms with Crippen LogP contribution in [-0.4, -0.2) is 50.0 Å². The molecule has 0 saturated carbocycles. The van der Waals surface area contributed by atoms with Gasteiger partial charge in [0.2, 0.25) is 0 Å². The first-order chi connectivity index (χ1) is 16.2. The molecule has 2 N–H and O–H groups in total. The summed E-state index contributed by atoms with van der Waals surface area (Å²) in [4.78, 5) is 17.7. The summed E-state index contributed by atoms with van der Waals surface area (Å²) in [5, 5.41) is 15.2. The van der Waals surface area contributed by atoms with Crippen LogP contribution in [0.4, 0.5) is 4.79 Å². The van der Waals surface area contributed by atoms with E-state index in [9.17, 15) is 4.79 Å². The number of carbonyl (C=O) groups excluding carboxylic acids is 1. The number of allylic oxidation sites excluding steroid dienone is 3. The molecule has 186 valence electrons. The molecule has 3 aromatic rings. The summed E-state index contributed by atoms with van der Waals surface area (Å²) in [6.45, 7) is 16.5. The molecule has 2 heterocycles. The Balaban J connectivity index is 0.000000872. The highest BCUT2D eigenvalue weighted by Crippen LogP contribution is 2.27. The average molecular weight is 469 g/mol. The van der Waals surface area contributed by atoms with Gasteiger partial charge in [0.25, 0.3) is 0 Å². The normalized spacial score (nSPS) is 12.1. The molecule has 0 bridgehead atoms. The maximum atomic E-state index is 12.1. The Bertz CT molecular complexity index is 1040. The van der Waals surface area contributed by atoms with Crippen molar-refractivity contribution in [3.05, 3.63) is 54.6 Å². The highest BCUT2D eigenvalue weighted by molar-refractivity contribution is 5.86. The number of nitrogens with zero attached hydrogens (tertiary/aromatic N) is 4. The first-order valence-corrected chi connectivity index (χ1v) is 11.6. The fourth-order valence-electron chi connectivity index (χ4n) is 2.66. The number of hydrogen-bond acceptors (Lipinski definition) is 5. The lowest BCUT2D eigenvalue weighted by Crippen LogP contribution is -2.26. The van der Waals surface area contributed by atoms with Crippen LogP contribution in [0.15, 0.2) is 49.0 Å². The summed E-state index contributed by atoms with van der Waals surface area (Å²) in [6.07, 6.45) is 8.77. The van der Waals surface area contributed by atoms with Gasteiger partial charge in [0.1, 0.15) is 6.33 Å². The number of H-pyrrole nitrogens is 2. The Morgan fingerprint density at radius 3 is 2.41 bits per heavy atom. The van der Waals surface area contributed by atoms with Crippen LogP contribution >= 0.6 is 0 Å². The summed E-state index contributed by atoms with van der Waals surface area (Å²) in [5.41, 5.74) is 2.70. The summed E-state index contributed by atoms with van der Waals surface area (Å²) >= 11 is 0. The van der Waals surface area contributed by atoms with Crippen LogP contribution in [0.2, 0.25) is 0 Å². The maximum Gasteiger partial charge on any atom is 0.413 e. The number of amides is 1. The van der Waals surface area contributed by atoms with E-state index in [-0.39, 0.29) is 17.4 Å². The van der Waals surface area contributed by atoms with Gasteiger partial charge in [0.05, 0.1) is 12.1 Å². The summed E-state index contributed by atoms with van der Waals surface area (Å²) < 4.78 is 5.32. The van der Waals surface area contributed by atoms with Crippen molar-refractivity contribution in [1.82, 2.24) is 30.3 Å². The maximum absolute atomic E-state index is 12.1. The molecule has 0 aliphatic carbocycles. The van der Waals surface area contributed by atoms with E-state index in [0.717, 1.165) is 22.2 Å². The third-order valence-corrected chi connectivity index (χ3v) is 4.58. The number of aromatic nitrogens is 5. The third-order valence-electron chi connectivity index (χ3n) is 4.58. The highest BCUT2D eigenvalue weighted by Gasteiger charge is 2.16.